The monoisotopic (exact) mass is 321 g/mol. The van der Waals surface area contributed by atoms with Gasteiger partial charge in [0.05, 0.1) is 11.5 Å². The lowest BCUT2D eigenvalue weighted by Gasteiger charge is -2.34. The smallest absolute Gasteiger partial charge is 0.269 e. The summed E-state index contributed by atoms with van der Waals surface area (Å²) in [6.07, 6.45) is 1.34. The van der Waals surface area contributed by atoms with Crippen molar-refractivity contribution in [3.8, 4) is 0 Å². The van der Waals surface area contributed by atoms with Crippen LogP contribution in [-0.4, -0.2) is 22.8 Å². The highest BCUT2D eigenvalue weighted by Gasteiger charge is 2.52. The highest BCUT2D eigenvalue weighted by molar-refractivity contribution is 6.06. The van der Waals surface area contributed by atoms with Gasteiger partial charge in [0.2, 0.25) is 0 Å². The molecule has 1 spiro atoms. The molecule has 0 N–H and O–H groups in total. The number of carbonyl (C=O) groups is 1. The van der Waals surface area contributed by atoms with Gasteiger partial charge in [-0.3, -0.25) is 14.9 Å². The Morgan fingerprint density at radius 1 is 1.17 bits per heavy atom. The highest BCUT2D eigenvalue weighted by Crippen LogP contribution is 2.46. The molecule has 2 aromatic carbocycles. The van der Waals surface area contributed by atoms with Crippen molar-refractivity contribution in [2.45, 2.75) is 24.3 Å². The number of Topliss-reactive ketones (excluding diaryl/α,β-unsaturated/α-hetero) is 1. The Labute approximate surface area is 138 Å². The zero-order valence-electron chi connectivity index (χ0n) is 12.9. The number of azo groups is 1. The summed E-state index contributed by atoms with van der Waals surface area (Å²) < 4.78 is 0. The van der Waals surface area contributed by atoms with Crippen molar-refractivity contribution in [1.29, 1.82) is 0 Å². The first kappa shape index (κ1) is 14.7. The molecule has 2 atom stereocenters. The summed E-state index contributed by atoms with van der Waals surface area (Å²) in [4.78, 5) is 23.8. The maximum absolute atomic E-state index is 13.2. The largest absolute Gasteiger partial charge is 0.291 e. The van der Waals surface area contributed by atoms with E-state index in [-0.39, 0.29) is 17.4 Å². The number of aryl methyl sites for hydroxylation is 1. The number of nitrogens with zero attached hydrogens (tertiary/aromatic N) is 3. The van der Waals surface area contributed by atoms with E-state index < -0.39 is 10.5 Å². The minimum atomic E-state index is -0.927. The Balaban J connectivity index is 1.78. The van der Waals surface area contributed by atoms with Crippen molar-refractivity contribution >= 4 is 11.5 Å². The van der Waals surface area contributed by atoms with E-state index in [2.05, 4.69) is 10.2 Å². The Kier molecular flexibility index (Phi) is 3.26. The summed E-state index contributed by atoms with van der Waals surface area (Å²) in [6.45, 7) is 0.384. The molecule has 0 saturated carbocycles. The van der Waals surface area contributed by atoms with Crippen molar-refractivity contribution in [1.82, 2.24) is 0 Å². The van der Waals surface area contributed by atoms with Crippen LogP contribution in [-0.2, 0) is 6.42 Å². The van der Waals surface area contributed by atoms with Gasteiger partial charge in [-0.2, -0.15) is 10.2 Å². The Hall–Kier alpha value is -2.89. The van der Waals surface area contributed by atoms with Gasteiger partial charge < -0.3 is 0 Å². The zero-order chi connectivity index (χ0) is 16.7. The fourth-order valence-corrected chi connectivity index (χ4v) is 3.77. The molecule has 120 valence electrons. The van der Waals surface area contributed by atoms with Gasteiger partial charge in [-0.05, 0) is 24.0 Å². The Bertz CT molecular complexity index is 877. The van der Waals surface area contributed by atoms with E-state index in [4.69, 9.17) is 0 Å². The second-order valence-corrected chi connectivity index (χ2v) is 6.24. The molecule has 0 fully saturated rings. The van der Waals surface area contributed by atoms with E-state index in [1.807, 2.05) is 30.3 Å². The van der Waals surface area contributed by atoms with Crippen LogP contribution in [0, 0.1) is 10.1 Å². The lowest BCUT2D eigenvalue weighted by Crippen LogP contribution is -2.44. The molecule has 0 bridgehead atoms. The van der Waals surface area contributed by atoms with E-state index in [0.29, 0.717) is 18.5 Å². The Morgan fingerprint density at radius 2 is 2.00 bits per heavy atom. The number of fused-ring (bicyclic) bond motifs is 1. The van der Waals surface area contributed by atoms with Gasteiger partial charge in [0.1, 0.15) is 0 Å². The fourth-order valence-electron chi connectivity index (χ4n) is 3.77. The lowest BCUT2D eigenvalue weighted by atomic mass is 9.68. The minimum absolute atomic E-state index is 0.0258. The van der Waals surface area contributed by atoms with Crippen LogP contribution in [0.4, 0.5) is 5.69 Å². The lowest BCUT2D eigenvalue weighted by molar-refractivity contribution is -0.384. The average Bonchev–Trinajstić information content (AvgIpc) is 3.03. The van der Waals surface area contributed by atoms with Crippen LogP contribution in [0.15, 0.2) is 58.8 Å². The third-order valence-corrected chi connectivity index (χ3v) is 5.00. The van der Waals surface area contributed by atoms with Crippen molar-refractivity contribution in [2.24, 2.45) is 10.2 Å². The molecule has 0 saturated heterocycles. The van der Waals surface area contributed by atoms with Crippen LogP contribution in [0.1, 0.15) is 33.8 Å². The van der Waals surface area contributed by atoms with Crippen molar-refractivity contribution in [2.75, 3.05) is 6.54 Å². The van der Waals surface area contributed by atoms with Crippen molar-refractivity contribution < 1.29 is 9.72 Å². The summed E-state index contributed by atoms with van der Waals surface area (Å²) in [5, 5.41) is 19.6. The number of nitro groups is 1. The first-order valence-corrected chi connectivity index (χ1v) is 7.87. The van der Waals surface area contributed by atoms with E-state index in [0.717, 1.165) is 17.5 Å². The summed E-state index contributed by atoms with van der Waals surface area (Å²) in [7, 11) is 0. The number of hydrogen-bond donors (Lipinski definition) is 0. The second-order valence-electron chi connectivity index (χ2n) is 6.24. The molecule has 1 heterocycles. The quantitative estimate of drug-likeness (QED) is 0.624. The number of benzene rings is 2. The number of ketones is 1. The molecule has 0 unspecified atom stereocenters. The topological polar surface area (TPSA) is 84.9 Å². The van der Waals surface area contributed by atoms with Gasteiger partial charge in [-0.15, -0.1) is 0 Å². The molecule has 6 nitrogen and oxygen atoms in total. The molecule has 0 radical (unpaired) electrons. The summed E-state index contributed by atoms with van der Waals surface area (Å²) >= 11 is 0. The fraction of sp³-hybridized carbons (Fsp3) is 0.278. The molecular weight excluding hydrogens is 306 g/mol. The van der Waals surface area contributed by atoms with E-state index in [1.165, 1.54) is 12.1 Å². The first-order chi connectivity index (χ1) is 11.6. The van der Waals surface area contributed by atoms with Gasteiger partial charge in [-0.1, -0.05) is 36.4 Å². The van der Waals surface area contributed by atoms with E-state index >= 15 is 0 Å². The molecule has 4 rings (SSSR count). The third kappa shape index (κ3) is 2.06. The van der Waals surface area contributed by atoms with Crippen molar-refractivity contribution in [3.05, 3.63) is 75.3 Å². The van der Waals surface area contributed by atoms with E-state index in [1.54, 1.807) is 6.07 Å². The van der Waals surface area contributed by atoms with Gasteiger partial charge in [-0.25, -0.2) is 0 Å². The summed E-state index contributed by atoms with van der Waals surface area (Å²) in [5.74, 6) is -0.277. The molecule has 6 heteroatoms. The van der Waals surface area contributed by atoms with Gasteiger partial charge in [0, 0.05) is 23.6 Å². The number of rotatable bonds is 2. The maximum atomic E-state index is 13.2. The molecule has 1 aliphatic carbocycles. The van der Waals surface area contributed by atoms with Crippen LogP contribution in [0.3, 0.4) is 0 Å². The van der Waals surface area contributed by atoms with Crippen LogP contribution in [0.25, 0.3) is 0 Å². The number of hydrogen-bond acceptors (Lipinski definition) is 5. The summed E-state index contributed by atoms with van der Waals surface area (Å²) in [5.41, 5.74) is 1.58. The molecular formula is C18H15N3O3. The SMILES string of the molecule is O=C1c2ccccc2CC[C@@]12N=NC[C@H]2c1cccc([N+](=O)[O-])c1. The normalized spacial score (nSPS) is 25.0. The summed E-state index contributed by atoms with van der Waals surface area (Å²) in [6, 6.07) is 14.0. The number of non-ortho nitro benzene ring substituents is 1. The number of nitro benzene ring substituents is 1. The molecule has 24 heavy (non-hydrogen) atoms. The molecule has 2 aliphatic rings. The molecule has 0 aromatic heterocycles. The average molecular weight is 321 g/mol. The minimum Gasteiger partial charge on any atom is -0.291 e. The number of carbonyl (C=O) groups excluding carboxylic acids is 1. The standard InChI is InChI=1S/C18H15N3O3/c22-17-15-7-2-1-4-12(15)8-9-18(17)16(11-19-20-18)13-5-3-6-14(10-13)21(23)24/h1-7,10,16H,8-9,11H2/t16-,18-/m0/s1. The molecule has 1 aliphatic heterocycles. The first-order valence-electron chi connectivity index (χ1n) is 7.87. The highest BCUT2D eigenvalue weighted by atomic mass is 16.6. The second kappa shape index (κ2) is 5.33. The molecule has 0 amide bonds. The van der Waals surface area contributed by atoms with Crippen molar-refractivity contribution in [3.63, 3.8) is 0 Å². The van der Waals surface area contributed by atoms with Gasteiger partial charge >= 0.3 is 0 Å². The van der Waals surface area contributed by atoms with Gasteiger partial charge in [0.25, 0.3) is 5.69 Å². The maximum Gasteiger partial charge on any atom is 0.269 e. The van der Waals surface area contributed by atoms with Crippen LogP contribution in [0.5, 0.6) is 0 Å². The van der Waals surface area contributed by atoms with E-state index in [9.17, 15) is 14.9 Å². The van der Waals surface area contributed by atoms with Gasteiger partial charge in [0.15, 0.2) is 11.3 Å². The van der Waals surface area contributed by atoms with Crippen LogP contribution in [0.2, 0.25) is 0 Å². The predicted octanol–water partition coefficient (Wildman–Crippen LogP) is 3.71. The van der Waals surface area contributed by atoms with Crippen LogP contribution < -0.4 is 0 Å². The molecule has 2 aromatic rings. The van der Waals surface area contributed by atoms with Crippen LogP contribution >= 0.6 is 0 Å². The Morgan fingerprint density at radius 3 is 2.83 bits per heavy atom. The zero-order valence-corrected chi connectivity index (χ0v) is 12.9. The third-order valence-electron chi connectivity index (χ3n) is 5.00. The predicted molar refractivity (Wildman–Crippen MR) is 87.4 cm³/mol.